The lowest BCUT2D eigenvalue weighted by molar-refractivity contribution is -0.120. The van der Waals surface area contributed by atoms with Crippen molar-refractivity contribution in [2.45, 2.75) is 32.2 Å². The molecule has 2 aliphatic rings. The van der Waals surface area contributed by atoms with Crippen molar-refractivity contribution in [2.24, 2.45) is 5.41 Å². The number of aromatic nitrogens is 4. The van der Waals surface area contributed by atoms with Crippen LogP contribution in [0.2, 0.25) is 0 Å². The molecule has 1 N–H and O–H groups in total. The Kier molecular flexibility index (Phi) is 5.75. The Hall–Kier alpha value is -3.05. The largest absolute Gasteiger partial charge is 0.490 e. The van der Waals surface area contributed by atoms with E-state index < -0.39 is 12.5 Å². The van der Waals surface area contributed by atoms with E-state index in [2.05, 4.69) is 17.3 Å². The van der Waals surface area contributed by atoms with Gasteiger partial charge in [0.1, 0.15) is 17.1 Å². The quantitative estimate of drug-likeness (QED) is 0.579. The summed E-state index contributed by atoms with van der Waals surface area (Å²) in [6.07, 6.45) is 7.60. The number of rotatable bonds is 7. The SMILES string of the molecule is CC1(COc2cc3nc(C4CCOCC4)cn3cc2NC(=O)c2cnn(C(F)F)c2)COC1. The summed E-state index contributed by atoms with van der Waals surface area (Å²) >= 11 is 0. The van der Waals surface area contributed by atoms with Gasteiger partial charge in [0.15, 0.2) is 0 Å². The van der Waals surface area contributed by atoms with Crippen LogP contribution in [-0.2, 0) is 9.47 Å². The predicted molar refractivity (Wildman–Crippen MR) is 114 cm³/mol. The van der Waals surface area contributed by atoms with Crippen LogP contribution < -0.4 is 10.1 Å². The van der Waals surface area contributed by atoms with Crippen molar-refractivity contribution in [1.82, 2.24) is 19.2 Å². The zero-order valence-corrected chi connectivity index (χ0v) is 18.2. The lowest BCUT2D eigenvalue weighted by atomic mass is 9.90. The molecule has 11 heteroatoms. The van der Waals surface area contributed by atoms with Crippen molar-refractivity contribution in [2.75, 3.05) is 38.4 Å². The van der Waals surface area contributed by atoms with Crippen molar-refractivity contribution >= 4 is 17.2 Å². The van der Waals surface area contributed by atoms with Gasteiger partial charge in [0.2, 0.25) is 0 Å². The summed E-state index contributed by atoms with van der Waals surface area (Å²) in [5, 5.41) is 6.30. The Balaban J connectivity index is 1.43. The van der Waals surface area contributed by atoms with Crippen LogP contribution in [0.3, 0.4) is 0 Å². The molecule has 3 aromatic rings. The van der Waals surface area contributed by atoms with E-state index in [1.54, 1.807) is 12.3 Å². The van der Waals surface area contributed by atoms with Crippen LogP contribution in [0.15, 0.2) is 30.9 Å². The van der Waals surface area contributed by atoms with Crippen molar-refractivity contribution < 1.29 is 27.8 Å². The first kappa shape index (κ1) is 21.8. The number of alkyl halides is 2. The number of imidazole rings is 1. The van der Waals surface area contributed by atoms with Crippen LogP contribution >= 0.6 is 0 Å². The monoisotopic (exact) mass is 461 g/mol. The van der Waals surface area contributed by atoms with E-state index in [4.69, 9.17) is 19.2 Å². The van der Waals surface area contributed by atoms with E-state index in [1.807, 2.05) is 10.6 Å². The van der Waals surface area contributed by atoms with Gasteiger partial charge >= 0.3 is 6.55 Å². The molecule has 176 valence electrons. The number of ether oxygens (including phenoxy) is 3. The van der Waals surface area contributed by atoms with E-state index in [1.165, 1.54) is 0 Å². The van der Waals surface area contributed by atoms with Gasteiger partial charge in [-0.15, -0.1) is 0 Å². The highest BCUT2D eigenvalue weighted by molar-refractivity contribution is 6.04. The molecular formula is C22H25F2N5O4. The van der Waals surface area contributed by atoms with Crippen LogP contribution in [0, 0.1) is 5.41 Å². The van der Waals surface area contributed by atoms with Crippen LogP contribution in [0.25, 0.3) is 5.65 Å². The zero-order chi connectivity index (χ0) is 23.0. The number of nitrogens with zero attached hydrogens (tertiary/aromatic N) is 4. The average molecular weight is 461 g/mol. The van der Waals surface area contributed by atoms with Gasteiger partial charge in [0, 0.05) is 49.2 Å². The molecule has 5 heterocycles. The number of pyridine rings is 1. The summed E-state index contributed by atoms with van der Waals surface area (Å²) < 4.78 is 44.8. The van der Waals surface area contributed by atoms with Gasteiger partial charge in [-0.05, 0) is 12.8 Å². The number of amides is 1. The van der Waals surface area contributed by atoms with E-state index in [0.29, 0.717) is 60.7 Å². The Bertz CT molecular complexity index is 1150. The third kappa shape index (κ3) is 4.55. The molecule has 3 aromatic heterocycles. The molecule has 9 nitrogen and oxygen atoms in total. The number of carbonyl (C=O) groups excluding carboxylic acids is 1. The standard InChI is InChI=1S/C22H25F2N5O4/c1-22(11-32-12-22)13-33-18-6-19-26-16(14-2-4-31-5-3-14)9-28(19)10-17(18)27-20(30)15-7-25-29(8-15)21(23)24/h6-10,14,21H,2-5,11-13H2,1H3,(H,27,30). The zero-order valence-electron chi connectivity index (χ0n) is 18.2. The van der Waals surface area contributed by atoms with Crippen molar-refractivity contribution in [3.63, 3.8) is 0 Å². The maximum atomic E-state index is 12.8. The summed E-state index contributed by atoms with van der Waals surface area (Å²) in [4.78, 5) is 17.5. The van der Waals surface area contributed by atoms with Crippen molar-refractivity contribution in [1.29, 1.82) is 0 Å². The summed E-state index contributed by atoms with van der Waals surface area (Å²) in [6.45, 7) is 2.26. The minimum Gasteiger partial charge on any atom is -0.490 e. The highest BCUT2D eigenvalue weighted by Crippen LogP contribution is 2.33. The second-order valence-electron chi connectivity index (χ2n) is 8.90. The molecule has 0 atom stereocenters. The number of carbonyl (C=O) groups is 1. The molecule has 0 aromatic carbocycles. The average Bonchev–Trinajstić information content (AvgIpc) is 3.44. The van der Waals surface area contributed by atoms with Crippen LogP contribution in [0.4, 0.5) is 14.5 Å². The molecule has 0 bridgehead atoms. The van der Waals surface area contributed by atoms with E-state index >= 15 is 0 Å². The first-order chi connectivity index (χ1) is 15.9. The number of fused-ring (bicyclic) bond motifs is 1. The van der Waals surface area contributed by atoms with Gasteiger partial charge in [0.05, 0.1) is 37.3 Å². The Morgan fingerprint density at radius 3 is 2.73 bits per heavy atom. The molecule has 33 heavy (non-hydrogen) atoms. The van der Waals surface area contributed by atoms with Crippen molar-refractivity contribution in [3.8, 4) is 5.75 Å². The van der Waals surface area contributed by atoms with E-state index in [-0.39, 0.29) is 11.0 Å². The molecule has 5 rings (SSSR count). The first-order valence-corrected chi connectivity index (χ1v) is 10.8. The topological polar surface area (TPSA) is 91.9 Å². The smallest absolute Gasteiger partial charge is 0.333 e. The normalized spacial score (nSPS) is 18.4. The molecule has 0 saturated carbocycles. The fraction of sp³-hybridized carbons (Fsp3) is 0.500. The predicted octanol–water partition coefficient (Wildman–Crippen LogP) is 3.49. The van der Waals surface area contributed by atoms with Gasteiger partial charge in [-0.1, -0.05) is 6.92 Å². The third-order valence-corrected chi connectivity index (χ3v) is 6.00. The second kappa shape index (κ2) is 8.71. The number of halogens is 2. The molecular weight excluding hydrogens is 436 g/mol. The maximum absolute atomic E-state index is 12.8. The van der Waals surface area contributed by atoms with Crippen molar-refractivity contribution in [3.05, 3.63) is 42.1 Å². The Morgan fingerprint density at radius 2 is 2.06 bits per heavy atom. The third-order valence-electron chi connectivity index (χ3n) is 6.00. The second-order valence-corrected chi connectivity index (χ2v) is 8.90. The summed E-state index contributed by atoms with van der Waals surface area (Å²) in [5.41, 5.74) is 2.00. The molecule has 2 saturated heterocycles. The van der Waals surface area contributed by atoms with Crippen LogP contribution in [-0.4, -0.2) is 58.1 Å². The number of hydrogen-bond acceptors (Lipinski definition) is 6. The van der Waals surface area contributed by atoms with Gasteiger partial charge in [-0.3, -0.25) is 4.79 Å². The highest BCUT2D eigenvalue weighted by Gasteiger charge is 2.34. The molecule has 0 radical (unpaired) electrons. The maximum Gasteiger partial charge on any atom is 0.333 e. The molecule has 0 spiro atoms. The van der Waals surface area contributed by atoms with E-state index in [9.17, 15) is 13.6 Å². The molecule has 0 unspecified atom stereocenters. The number of hydrogen-bond donors (Lipinski definition) is 1. The lowest BCUT2D eigenvalue weighted by Crippen LogP contribution is -2.44. The van der Waals surface area contributed by atoms with Gasteiger partial charge in [-0.2, -0.15) is 13.9 Å². The highest BCUT2D eigenvalue weighted by atomic mass is 19.3. The minimum atomic E-state index is -2.82. The summed E-state index contributed by atoms with van der Waals surface area (Å²) in [7, 11) is 0. The Morgan fingerprint density at radius 1 is 1.27 bits per heavy atom. The molecule has 2 aliphatic heterocycles. The molecule has 1 amide bonds. The number of nitrogens with one attached hydrogen (secondary N) is 1. The molecule has 0 aliphatic carbocycles. The summed E-state index contributed by atoms with van der Waals surface area (Å²) in [5.74, 6) is 0.204. The van der Waals surface area contributed by atoms with Gasteiger partial charge in [-0.25, -0.2) is 9.67 Å². The lowest BCUT2D eigenvalue weighted by Gasteiger charge is -2.37. The number of anilines is 1. The fourth-order valence-corrected chi connectivity index (χ4v) is 3.98. The fourth-order valence-electron chi connectivity index (χ4n) is 3.98. The van der Waals surface area contributed by atoms with Crippen LogP contribution in [0.1, 0.15) is 48.3 Å². The van der Waals surface area contributed by atoms with Gasteiger partial charge in [0.25, 0.3) is 5.91 Å². The molecule has 2 fully saturated rings. The first-order valence-electron chi connectivity index (χ1n) is 10.8. The van der Waals surface area contributed by atoms with Crippen LogP contribution in [0.5, 0.6) is 5.75 Å². The Labute approximate surface area is 188 Å². The summed E-state index contributed by atoms with van der Waals surface area (Å²) in [6, 6.07) is 1.78. The minimum absolute atomic E-state index is 0.0224. The van der Waals surface area contributed by atoms with Gasteiger partial charge < -0.3 is 23.9 Å². The van der Waals surface area contributed by atoms with E-state index in [0.717, 1.165) is 30.9 Å².